The second kappa shape index (κ2) is 8.37. The van der Waals surface area contributed by atoms with Gasteiger partial charge in [-0.25, -0.2) is 8.78 Å². The lowest BCUT2D eigenvalue weighted by Crippen LogP contribution is -2.60. The minimum Gasteiger partial charge on any atom is -0.384 e. The Morgan fingerprint density at radius 1 is 1.15 bits per heavy atom. The van der Waals surface area contributed by atoms with Crippen LogP contribution in [-0.2, 0) is 20.9 Å². The van der Waals surface area contributed by atoms with E-state index in [1.54, 1.807) is 0 Å². The number of carbonyl (C=O) groups is 1. The normalized spacial score (nSPS) is 22.6. The Labute approximate surface area is 200 Å². The lowest BCUT2D eigenvalue weighted by molar-refractivity contribution is -0.269. The SMILES string of the molecule is C[C@H](O)C(=O)N1CC(F)(c2ccc(C3=CC(c4cc(Cl)c(F)c(Cl)c4)(C(F)(F)F)ON3)cc2)C1. The molecule has 0 radical (unpaired) electrons. The van der Waals surface area contributed by atoms with Gasteiger partial charge in [-0.15, -0.1) is 0 Å². The summed E-state index contributed by atoms with van der Waals surface area (Å²) < 4.78 is 71.1. The molecule has 1 unspecified atom stereocenters. The number of aliphatic hydroxyl groups is 1. The first kappa shape index (κ1) is 24.7. The highest BCUT2D eigenvalue weighted by atomic mass is 35.5. The van der Waals surface area contributed by atoms with Crippen LogP contribution in [-0.4, -0.2) is 41.3 Å². The van der Waals surface area contributed by atoms with Crippen LogP contribution in [0.2, 0.25) is 10.0 Å². The second-order valence-corrected chi connectivity index (χ2v) is 8.98. The summed E-state index contributed by atoms with van der Waals surface area (Å²) in [6.45, 7) is 0.793. The van der Waals surface area contributed by atoms with Gasteiger partial charge in [-0.1, -0.05) is 47.5 Å². The van der Waals surface area contributed by atoms with Crippen molar-refractivity contribution in [2.45, 2.75) is 30.5 Å². The van der Waals surface area contributed by atoms with Crippen LogP contribution >= 0.6 is 23.2 Å². The van der Waals surface area contributed by atoms with Gasteiger partial charge in [0.2, 0.25) is 5.60 Å². The first-order chi connectivity index (χ1) is 15.8. The maximum absolute atomic E-state index is 15.1. The Bertz CT molecular complexity index is 1140. The van der Waals surface area contributed by atoms with Crippen LogP contribution in [0.3, 0.4) is 0 Å². The van der Waals surface area contributed by atoms with Crippen LogP contribution in [0.25, 0.3) is 5.70 Å². The predicted octanol–water partition coefficient (Wildman–Crippen LogP) is 4.85. The molecular formula is C22H17Cl2F5N2O3. The van der Waals surface area contributed by atoms with Gasteiger partial charge in [0, 0.05) is 5.56 Å². The van der Waals surface area contributed by atoms with E-state index in [0.717, 1.165) is 18.2 Å². The van der Waals surface area contributed by atoms with Crippen molar-refractivity contribution in [2.24, 2.45) is 0 Å². The number of rotatable bonds is 4. The van der Waals surface area contributed by atoms with E-state index in [9.17, 15) is 27.5 Å². The third-order valence-electron chi connectivity index (χ3n) is 5.77. The summed E-state index contributed by atoms with van der Waals surface area (Å²) in [4.78, 5) is 17.9. The second-order valence-electron chi connectivity index (χ2n) is 8.16. The highest BCUT2D eigenvalue weighted by molar-refractivity contribution is 6.35. The molecule has 2 aromatic carbocycles. The summed E-state index contributed by atoms with van der Waals surface area (Å²) in [5, 5.41) is 8.13. The van der Waals surface area contributed by atoms with Crippen molar-refractivity contribution in [3.05, 3.63) is 75.0 Å². The van der Waals surface area contributed by atoms with E-state index in [1.807, 2.05) is 0 Å². The van der Waals surface area contributed by atoms with E-state index in [0.29, 0.717) is 0 Å². The zero-order valence-electron chi connectivity index (χ0n) is 17.4. The fourth-order valence-corrected chi connectivity index (χ4v) is 4.35. The average Bonchev–Trinajstić information content (AvgIpc) is 3.21. The number of nitrogens with one attached hydrogen (secondary N) is 1. The van der Waals surface area contributed by atoms with Crippen LogP contribution in [0, 0.1) is 5.82 Å². The number of hydroxylamine groups is 1. The number of hydrogen-bond donors (Lipinski definition) is 2. The highest BCUT2D eigenvalue weighted by Gasteiger charge is 2.60. The van der Waals surface area contributed by atoms with Crippen LogP contribution in [0.15, 0.2) is 42.5 Å². The molecule has 12 heteroatoms. The molecule has 2 N–H and O–H groups in total. The predicted molar refractivity (Wildman–Crippen MR) is 114 cm³/mol. The molecule has 0 aliphatic carbocycles. The maximum atomic E-state index is 15.1. The van der Waals surface area contributed by atoms with Crippen LogP contribution in [0.4, 0.5) is 22.0 Å². The van der Waals surface area contributed by atoms with Gasteiger partial charge >= 0.3 is 6.18 Å². The number of likely N-dealkylation sites (tertiary alicyclic amines) is 1. The van der Waals surface area contributed by atoms with Gasteiger partial charge in [-0.05, 0) is 36.3 Å². The zero-order chi connectivity index (χ0) is 25.1. The Hall–Kier alpha value is -2.40. The largest absolute Gasteiger partial charge is 0.428 e. The maximum Gasteiger partial charge on any atom is 0.428 e. The zero-order valence-corrected chi connectivity index (χ0v) is 18.9. The summed E-state index contributed by atoms with van der Waals surface area (Å²) >= 11 is 11.4. The van der Waals surface area contributed by atoms with Crippen LogP contribution in [0.1, 0.15) is 23.6 Å². The van der Waals surface area contributed by atoms with Crippen molar-refractivity contribution in [2.75, 3.05) is 13.1 Å². The van der Waals surface area contributed by atoms with Crippen LogP contribution in [0.5, 0.6) is 0 Å². The molecule has 0 saturated carbocycles. The minimum atomic E-state index is -4.97. The average molecular weight is 523 g/mol. The van der Waals surface area contributed by atoms with Crippen molar-refractivity contribution in [1.29, 1.82) is 0 Å². The van der Waals surface area contributed by atoms with E-state index in [4.69, 9.17) is 28.0 Å². The van der Waals surface area contributed by atoms with Gasteiger partial charge in [0.25, 0.3) is 5.91 Å². The van der Waals surface area contributed by atoms with Gasteiger partial charge in [0.05, 0.1) is 28.8 Å². The Balaban J connectivity index is 1.62. The van der Waals surface area contributed by atoms with Gasteiger partial charge in [0.15, 0.2) is 11.5 Å². The molecule has 2 aliphatic heterocycles. The molecule has 0 aromatic heterocycles. The van der Waals surface area contributed by atoms with E-state index >= 15 is 4.39 Å². The Morgan fingerprint density at radius 2 is 1.71 bits per heavy atom. The van der Waals surface area contributed by atoms with Crippen LogP contribution < -0.4 is 5.48 Å². The lowest BCUT2D eigenvalue weighted by atomic mass is 9.86. The van der Waals surface area contributed by atoms with Gasteiger partial charge in [-0.2, -0.15) is 13.2 Å². The minimum absolute atomic E-state index is 0.0622. The molecule has 2 aliphatic rings. The van der Waals surface area contributed by atoms with Crippen molar-refractivity contribution >= 4 is 34.8 Å². The Kier molecular flexibility index (Phi) is 6.08. The molecule has 2 atom stereocenters. The highest BCUT2D eigenvalue weighted by Crippen LogP contribution is 2.48. The van der Waals surface area contributed by atoms with Crippen molar-refractivity contribution in [1.82, 2.24) is 10.4 Å². The summed E-state index contributed by atoms with van der Waals surface area (Å²) in [7, 11) is 0. The van der Waals surface area contributed by atoms with Gasteiger partial charge in [0.1, 0.15) is 6.10 Å². The molecule has 1 saturated heterocycles. The fraction of sp³-hybridized carbons (Fsp3) is 0.318. The molecule has 1 amide bonds. The molecule has 34 heavy (non-hydrogen) atoms. The van der Waals surface area contributed by atoms with E-state index in [-0.39, 0.29) is 29.9 Å². The summed E-state index contributed by atoms with van der Waals surface area (Å²) in [5.41, 5.74) is -2.72. The first-order valence-corrected chi connectivity index (χ1v) is 10.7. The fourth-order valence-electron chi connectivity index (χ4n) is 3.87. The summed E-state index contributed by atoms with van der Waals surface area (Å²) in [5.74, 6) is -1.65. The quantitative estimate of drug-likeness (QED) is 0.445. The molecule has 0 spiro atoms. The monoisotopic (exact) mass is 522 g/mol. The van der Waals surface area contributed by atoms with E-state index in [2.05, 4.69) is 5.48 Å². The number of benzene rings is 2. The van der Waals surface area contributed by atoms with E-state index in [1.165, 1.54) is 36.1 Å². The molecule has 182 valence electrons. The number of hydrogen-bond acceptors (Lipinski definition) is 4. The number of alkyl halides is 4. The van der Waals surface area contributed by atoms with Crippen molar-refractivity contribution in [3.63, 3.8) is 0 Å². The van der Waals surface area contributed by atoms with Gasteiger partial charge in [-0.3, -0.25) is 15.1 Å². The molecule has 4 rings (SSSR count). The molecule has 2 aromatic rings. The summed E-state index contributed by atoms with van der Waals surface area (Å²) in [6, 6.07) is 7.14. The number of carbonyl (C=O) groups excluding carboxylic acids is 1. The first-order valence-electron chi connectivity index (χ1n) is 9.93. The number of halogens is 7. The number of amides is 1. The summed E-state index contributed by atoms with van der Waals surface area (Å²) in [6.07, 6.45) is -5.45. The topological polar surface area (TPSA) is 61.8 Å². The smallest absolute Gasteiger partial charge is 0.384 e. The molecular weight excluding hydrogens is 506 g/mol. The molecule has 5 nitrogen and oxygen atoms in total. The standard InChI is InChI=1S/C22H17Cl2F5N2O3/c1-11(32)19(33)31-9-20(26,10-31)13-4-2-12(3-5-13)17-8-21(34-30-17,22(27,28)29)14-6-15(23)18(25)16(24)7-14/h2-8,11,30,32H,9-10H2,1H3/t11-,21?/m0/s1. The van der Waals surface area contributed by atoms with Crippen molar-refractivity contribution < 1.29 is 36.7 Å². The number of aliphatic hydroxyl groups excluding tert-OH is 1. The van der Waals surface area contributed by atoms with E-state index < -0.39 is 50.9 Å². The Morgan fingerprint density at radius 3 is 2.21 bits per heavy atom. The van der Waals surface area contributed by atoms with Gasteiger partial charge < -0.3 is 10.0 Å². The molecule has 2 heterocycles. The molecule has 1 fully saturated rings. The molecule has 0 bridgehead atoms. The third-order valence-corrected chi connectivity index (χ3v) is 6.32. The number of nitrogens with zero attached hydrogens (tertiary/aromatic N) is 1. The lowest BCUT2D eigenvalue weighted by Gasteiger charge is -2.45. The third kappa shape index (κ3) is 4.02. The van der Waals surface area contributed by atoms with Crippen molar-refractivity contribution in [3.8, 4) is 0 Å².